The van der Waals surface area contributed by atoms with Crippen molar-refractivity contribution >= 4 is 15.9 Å². The van der Waals surface area contributed by atoms with Crippen LogP contribution in [-0.4, -0.2) is 4.98 Å². The first kappa shape index (κ1) is 12.3. The highest BCUT2D eigenvalue weighted by Crippen LogP contribution is 2.17. The molecule has 2 aromatic rings. The number of nitrogens with zero attached hydrogens (tertiary/aromatic N) is 1. The van der Waals surface area contributed by atoms with E-state index >= 15 is 0 Å². The van der Waals surface area contributed by atoms with Crippen molar-refractivity contribution < 1.29 is 0 Å². The van der Waals surface area contributed by atoms with Crippen LogP contribution in [0.4, 0.5) is 0 Å². The molecular formula is C14H15BrN2. The molecule has 3 heteroatoms. The number of pyridine rings is 1. The highest BCUT2D eigenvalue weighted by Gasteiger charge is 2.08. The Morgan fingerprint density at radius 1 is 1.24 bits per heavy atom. The van der Waals surface area contributed by atoms with Gasteiger partial charge in [0.2, 0.25) is 0 Å². The third-order valence-corrected chi connectivity index (χ3v) is 3.21. The van der Waals surface area contributed by atoms with Crippen molar-refractivity contribution in [2.24, 2.45) is 5.73 Å². The van der Waals surface area contributed by atoms with Crippen molar-refractivity contribution in [3.63, 3.8) is 0 Å². The molecule has 2 nitrogen and oxygen atoms in total. The van der Waals surface area contributed by atoms with Gasteiger partial charge in [-0.15, -0.1) is 0 Å². The van der Waals surface area contributed by atoms with Crippen LogP contribution in [0.2, 0.25) is 0 Å². The summed E-state index contributed by atoms with van der Waals surface area (Å²) in [6.45, 7) is 2.05. The van der Waals surface area contributed by atoms with E-state index in [1.807, 2.05) is 30.5 Å². The molecule has 0 bridgehead atoms. The van der Waals surface area contributed by atoms with E-state index in [0.29, 0.717) is 0 Å². The van der Waals surface area contributed by atoms with E-state index in [9.17, 15) is 0 Å². The molecular weight excluding hydrogens is 276 g/mol. The summed E-state index contributed by atoms with van der Waals surface area (Å²) in [5.74, 6) is 0. The van der Waals surface area contributed by atoms with Gasteiger partial charge in [0.15, 0.2) is 0 Å². The minimum absolute atomic E-state index is 0.0453. The van der Waals surface area contributed by atoms with Crippen LogP contribution in [0.15, 0.2) is 47.1 Å². The summed E-state index contributed by atoms with van der Waals surface area (Å²) in [5, 5.41) is 0. The van der Waals surface area contributed by atoms with Gasteiger partial charge in [-0.2, -0.15) is 0 Å². The lowest BCUT2D eigenvalue weighted by atomic mass is 10.0. The summed E-state index contributed by atoms with van der Waals surface area (Å²) in [6.07, 6.45) is 2.62. The second-order valence-electron chi connectivity index (χ2n) is 4.20. The van der Waals surface area contributed by atoms with Gasteiger partial charge in [0.1, 0.15) is 0 Å². The molecule has 0 spiro atoms. The minimum atomic E-state index is -0.0453. The van der Waals surface area contributed by atoms with Crippen LogP contribution in [0.1, 0.15) is 22.9 Å². The molecule has 1 aromatic heterocycles. The van der Waals surface area contributed by atoms with Crippen LogP contribution >= 0.6 is 15.9 Å². The van der Waals surface area contributed by atoms with E-state index in [0.717, 1.165) is 16.6 Å². The zero-order valence-corrected chi connectivity index (χ0v) is 11.3. The molecule has 0 amide bonds. The molecule has 88 valence electrons. The van der Waals surface area contributed by atoms with Crippen molar-refractivity contribution in [2.45, 2.75) is 19.4 Å². The van der Waals surface area contributed by atoms with Crippen molar-refractivity contribution in [1.29, 1.82) is 0 Å². The van der Waals surface area contributed by atoms with E-state index in [4.69, 9.17) is 5.73 Å². The highest BCUT2D eigenvalue weighted by atomic mass is 79.9. The molecule has 0 saturated heterocycles. The molecule has 1 unspecified atom stereocenters. The maximum atomic E-state index is 6.16. The molecule has 1 aromatic carbocycles. The average molecular weight is 291 g/mol. The van der Waals surface area contributed by atoms with Gasteiger partial charge in [0.05, 0.1) is 11.7 Å². The van der Waals surface area contributed by atoms with Crippen molar-refractivity contribution in [3.8, 4) is 0 Å². The molecule has 0 fully saturated rings. The monoisotopic (exact) mass is 290 g/mol. The third kappa shape index (κ3) is 3.38. The standard InChI is InChI=1S/C14H15BrN2/c1-10-6-7-17-14(8-10)13(16)9-11-2-4-12(15)5-3-11/h2-8,13H,9,16H2,1H3. The van der Waals surface area contributed by atoms with Crippen LogP contribution in [0.3, 0.4) is 0 Å². The summed E-state index contributed by atoms with van der Waals surface area (Å²) in [4.78, 5) is 4.32. The lowest BCUT2D eigenvalue weighted by Gasteiger charge is -2.11. The number of aryl methyl sites for hydroxylation is 1. The molecule has 2 rings (SSSR count). The predicted octanol–water partition coefficient (Wildman–Crippen LogP) is 3.40. The lowest BCUT2D eigenvalue weighted by Crippen LogP contribution is -2.14. The first-order valence-electron chi connectivity index (χ1n) is 5.58. The van der Waals surface area contributed by atoms with Crippen molar-refractivity contribution in [3.05, 3.63) is 63.9 Å². The average Bonchev–Trinajstić information content (AvgIpc) is 2.32. The number of nitrogens with two attached hydrogens (primary N) is 1. The Kier molecular flexibility index (Phi) is 3.92. The number of hydrogen-bond acceptors (Lipinski definition) is 2. The second kappa shape index (κ2) is 5.43. The first-order valence-corrected chi connectivity index (χ1v) is 6.37. The number of benzene rings is 1. The van der Waals surface area contributed by atoms with Crippen LogP contribution < -0.4 is 5.73 Å². The minimum Gasteiger partial charge on any atom is -0.322 e. The Bertz CT molecular complexity index is 494. The summed E-state index contributed by atoms with van der Waals surface area (Å²) in [5.41, 5.74) is 9.53. The zero-order valence-electron chi connectivity index (χ0n) is 9.73. The Morgan fingerprint density at radius 2 is 1.94 bits per heavy atom. The Morgan fingerprint density at radius 3 is 2.59 bits per heavy atom. The predicted molar refractivity (Wildman–Crippen MR) is 73.7 cm³/mol. The Hall–Kier alpha value is -1.19. The molecule has 1 heterocycles. The maximum Gasteiger partial charge on any atom is 0.0577 e. The van der Waals surface area contributed by atoms with Gasteiger partial charge in [0.25, 0.3) is 0 Å². The number of hydrogen-bond donors (Lipinski definition) is 1. The van der Waals surface area contributed by atoms with Crippen LogP contribution in [0.25, 0.3) is 0 Å². The zero-order chi connectivity index (χ0) is 12.3. The van der Waals surface area contributed by atoms with Gasteiger partial charge in [-0.1, -0.05) is 28.1 Å². The fourth-order valence-electron chi connectivity index (χ4n) is 1.74. The van der Waals surface area contributed by atoms with Gasteiger partial charge in [-0.25, -0.2) is 0 Å². The van der Waals surface area contributed by atoms with Crippen molar-refractivity contribution in [2.75, 3.05) is 0 Å². The third-order valence-electron chi connectivity index (χ3n) is 2.69. The summed E-state index contributed by atoms with van der Waals surface area (Å²) < 4.78 is 1.09. The van der Waals surface area contributed by atoms with E-state index in [2.05, 4.69) is 40.0 Å². The molecule has 0 aliphatic heterocycles. The number of rotatable bonds is 3. The Labute approximate surface area is 110 Å². The van der Waals surface area contributed by atoms with Gasteiger partial charge < -0.3 is 5.73 Å². The second-order valence-corrected chi connectivity index (χ2v) is 5.11. The molecule has 0 aliphatic carbocycles. The van der Waals surface area contributed by atoms with Crippen molar-refractivity contribution in [1.82, 2.24) is 4.98 Å². The molecule has 17 heavy (non-hydrogen) atoms. The fraction of sp³-hybridized carbons (Fsp3) is 0.214. The molecule has 0 saturated carbocycles. The molecule has 0 radical (unpaired) electrons. The normalized spacial score (nSPS) is 12.4. The van der Waals surface area contributed by atoms with E-state index in [-0.39, 0.29) is 6.04 Å². The van der Waals surface area contributed by atoms with E-state index in [1.54, 1.807) is 0 Å². The number of halogens is 1. The molecule has 2 N–H and O–H groups in total. The topological polar surface area (TPSA) is 38.9 Å². The van der Waals surface area contributed by atoms with Crippen LogP contribution in [0, 0.1) is 6.92 Å². The van der Waals surface area contributed by atoms with Gasteiger partial charge in [-0.3, -0.25) is 4.98 Å². The molecule has 1 atom stereocenters. The largest absolute Gasteiger partial charge is 0.322 e. The van der Waals surface area contributed by atoms with Crippen LogP contribution in [0.5, 0.6) is 0 Å². The quantitative estimate of drug-likeness (QED) is 0.941. The maximum absolute atomic E-state index is 6.16. The number of aromatic nitrogens is 1. The summed E-state index contributed by atoms with van der Waals surface area (Å²) >= 11 is 3.42. The smallest absolute Gasteiger partial charge is 0.0577 e. The summed E-state index contributed by atoms with van der Waals surface area (Å²) in [6, 6.07) is 12.2. The van der Waals surface area contributed by atoms with Gasteiger partial charge in [-0.05, 0) is 48.7 Å². The Balaban J connectivity index is 2.11. The fourth-order valence-corrected chi connectivity index (χ4v) is 2.01. The highest BCUT2D eigenvalue weighted by molar-refractivity contribution is 9.10. The molecule has 0 aliphatic rings. The van der Waals surface area contributed by atoms with Gasteiger partial charge in [0, 0.05) is 10.7 Å². The van der Waals surface area contributed by atoms with E-state index < -0.39 is 0 Å². The van der Waals surface area contributed by atoms with E-state index in [1.165, 1.54) is 11.1 Å². The lowest BCUT2D eigenvalue weighted by molar-refractivity contribution is 0.695. The first-order chi connectivity index (χ1) is 8.15. The SMILES string of the molecule is Cc1ccnc(C(N)Cc2ccc(Br)cc2)c1. The van der Waals surface area contributed by atoms with Crippen LogP contribution in [-0.2, 0) is 6.42 Å². The van der Waals surface area contributed by atoms with Gasteiger partial charge >= 0.3 is 0 Å². The summed E-state index contributed by atoms with van der Waals surface area (Å²) in [7, 11) is 0.